The van der Waals surface area contributed by atoms with Gasteiger partial charge >= 0.3 is 5.97 Å². The maximum Gasteiger partial charge on any atom is 0.335 e. The number of halogens is 5. The number of pyridine rings is 2. The SMILES string of the molecule is O=C(O)c1cccc(-c2nc(NC(CO)CO)nc3c2ccc(=O)n3-c2ccc(F)cc2F)c1.O=c1ccc2c(Cl)nc(NC(CO)CO)nc2n1-c1ccc(F)cc1F. The number of carboxylic acids is 1. The van der Waals surface area contributed by atoms with Gasteiger partial charge in [0.25, 0.3) is 11.1 Å². The van der Waals surface area contributed by atoms with Crippen molar-refractivity contribution in [3.8, 4) is 22.6 Å². The van der Waals surface area contributed by atoms with Crippen molar-refractivity contribution in [3.05, 3.63) is 140 Å². The average Bonchev–Trinajstić information content (AvgIpc) is 3.22. The lowest BCUT2D eigenvalue weighted by molar-refractivity contribution is 0.0696. The van der Waals surface area contributed by atoms with E-state index in [1.54, 1.807) is 6.07 Å². The standard InChI is InChI=1S/C23H18F2N4O5.C16H13ClF2N4O3/c24-14-4-6-18(17(25)9-14)29-19(32)7-5-16-20(12-2-1-3-13(8-12)22(33)34)27-23(28-21(16)29)26-15(10-30)11-31;17-14-10-2-4-13(26)23(12-3-1-8(18)5-11(12)19)15(10)22-16(21-14)20-9(6-24)7-25/h1-9,15,30-31H,10-11H2,(H,33,34)(H,26,27,28);1-5,9,24-25H,6-7H2,(H,20,21,22). The molecule has 7 aromatic rings. The first-order chi connectivity index (χ1) is 28.8. The van der Waals surface area contributed by atoms with E-state index >= 15 is 0 Å². The van der Waals surface area contributed by atoms with Gasteiger partial charge in [0.2, 0.25) is 11.9 Å². The molecular weight excluding hydrogens is 820 g/mol. The molecule has 0 bridgehead atoms. The Labute approximate surface area is 339 Å². The van der Waals surface area contributed by atoms with Crippen LogP contribution in [0.15, 0.2) is 94.5 Å². The van der Waals surface area contributed by atoms with Crippen LogP contribution in [0.25, 0.3) is 44.7 Å². The molecule has 16 nitrogen and oxygen atoms in total. The second-order valence-corrected chi connectivity index (χ2v) is 13.1. The Balaban J connectivity index is 0.000000209. The molecule has 3 aromatic carbocycles. The molecule has 0 fully saturated rings. The molecule has 0 amide bonds. The summed E-state index contributed by atoms with van der Waals surface area (Å²) < 4.78 is 57.4. The molecule has 4 aromatic heterocycles. The fourth-order valence-corrected chi connectivity index (χ4v) is 6.02. The van der Waals surface area contributed by atoms with Gasteiger partial charge < -0.3 is 36.2 Å². The molecule has 0 atom stereocenters. The molecule has 0 saturated carbocycles. The van der Waals surface area contributed by atoms with Gasteiger partial charge in [0.05, 0.1) is 66.5 Å². The van der Waals surface area contributed by atoms with Crippen LogP contribution < -0.4 is 21.8 Å². The van der Waals surface area contributed by atoms with Gasteiger partial charge in [0.15, 0.2) is 11.3 Å². The van der Waals surface area contributed by atoms with Gasteiger partial charge in [-0.25, -0.2) is 32.3 Å². The quantitative estimate of drug-likeness (QED) is 0.0687. The Morgan fingerprint density at radius 3 is 1.60 bits per heavy atom. The number of benzene rings is 3. The number of nitrogens with one attached hydrogen (secondary N) is 2. The van der Waals surface area contributed by atoms with Crippen molar-refractivity contribution < 1.29 is 47.9 Å². The zero-order valence-corrected chi connectivity index (χ0v) is 31.4. The molecule has 60 heavy (non-hydrogen) atoms. The number of carboxylic acid groups (broad SMARTS) is 1. The summed E-state index contributed by atoms with van der Waals surface area (Å²) in [5.41, 5.74) is -1.23. The van der Waals surface area contributed by atoms with Crippen molar-refractivity contribution in [1.29, 1.82) is 0 Å². The Kier molecular flexibility index (Phi) is 13.1. The molecule has 0 aliphatic rings. The number of aromatic nitrogens is 6. The van der Waals surface area contributed by atoms with E-state index in [1.165, 1.54) is 30.3 Å². The number of hydrogen-bond donors (Lipinski definition) is 7. The molecule has 0 spiro atoms. The highest BCUT2D eigenvalue weighted by Gasteiger charge is 2.20. The van der Waals surface area contributed by atoms with E-state index in [2.05, 4.69) is 30.6 Å². The second-order valence-electron chi connectivity index (χ2n) is 12.7. The van der Waals surface area contributed by atoms with Gasteiger partial charge in [-0.2, -0.15) is 9.97 Å². The van der Waals surface area contributed by atoms with Crippen molar-refractivity contribution in [1.82, 2.24) is 29.1 Å². The van der Waals surface area contributed by atoms with Gasteiger partial charge in [-0.05, 0) is 48.5 Å². The van der Waals surface area contributed by atoms with Crippen LogP contribution >= 0.6 is 11.6 Å². The highest BCUT2D eigenvalue weighted by Crippen LogP contribution is 2.30. The predicted octanol–water partition coefficient (Wildman–Crippen LogP) is 3.67. The summed E-state index contributed by atoms with van der Waals surface area (Å²) in [4.78, 5) is 53.4. The third-order valence-corrected chi connectivity index (χ3v) is 8.97. The van der Waals surface area contributed by atoms with Gasteiger partial charge in [-0.15, -0.1) is 0 Å². The molecule has 0 saturated heterocycles. The molecule has 310 valence electrons. The first kappa shape index (κ1) is 42.8. The zero-order valence-electron chi connectivity index (χ0n) is 30.6. The van der Waals surface area contributed by atoms with Crippen LogP contribution in [0.3, 0.4) is 0 Å². The maximum atomic E-state index is 14.6. The summed E-state index contributed by atoms with van der Waals surface area (Å²) in [5, 5.41) is 52.5. The lowest BCUT2D eigenvalue weighted by Crippen LogP contribution is -2.29. The van der Waals surface area contributed by atoms with E-state index in [1.807, 2.05) is 0 Å². The Hall–Kier alpha value is -6.84. The third kappa shape index (κ3) is 9.07. The minimum Gasteiger partial charge on any atom is -0.478 e. The fraction of sp³-hybridized carbons (Fsp3) is 0.154. The molecule has 0 unspecified atom stereocenters. The van der Waals surface area contributed by atoms with E-state index in [0.29, 0.717) is 17.7 Å². The molecule has 0 aliphatic heterocycles. The van der Waals surface area contributed by atoms with Crippen molar-refractivity contribution in [2.24, 2.45) is 0 Å². The molecule has 4 heterocycles. The van der Waals surface area contributed by atoms with E-state index in [9.17, 15) is 47.3 Å². The number of carbonyl (C=O) groups is 1. The summed E-state index contributed by atoms with van der Waals surface area (Å²) in [6.45, 7) is -1.72. The third-order valence-electron chi connectivity index (χ3n) is 8.69. The molecule has 7 N–H and O–H groups in total. The average molecular weight is 851 g/mol. The van der Waals surface area contributed by atoms with Crippen molar-refractivity contribution in [2.45, 2.75) is 12.1 Å². The molecule has 0 aliphatic carbocycles. The van der Waals surface area contributed by atoms with Gasteiger partial charge in [0.1, 0.15) is 28.4 Å². The summed E-state index contributed by atoms with van der Waals surface area (Å²) in [6.07, 6.45) is 0. The van der Waals surface area contributed by atoms with Crippen LogP contribution in [0.1, 0.15) is 10.4 Å². The number of aromatic carboxylic acids is 1. The number of nitrogens with zero attached hydrogens (tertiary/aromatic N) is 6. The lowest BCUT2D eigenvalue weighted by atomic mass is 10.0. The summed E-state index contributed by atoms with van der Waals surface area (Å²) in [5.74, 6) is -4.91. The molecule has 0 radical (unpaired) electrons. The summed E-state index contributed by atoms with van der Waals surface area (Å²) >= 11 is 6.12. The topological polar surface area (TPSA) is 238 Å². The minimum atomic E-state index is -1.16. The normalized spacial score (nSPS) is 11.2. The van der Waals surface area contributed by atoms with Crippen LogP contribution in [0.5, 0.6) is 0 Å². The maximum absolute atomic E-state index is 14.6. The number of hydrogen-bond acceptors (Lipinski definition) is 13. The van der Waals surface area contributed by atoms with E-state index in [0.717, 1.165) is 45.5 Å². The van der Waals surface area contributed by atoms with E-state index in [-0.39, 0.29) is 61.7 Å². The smallest absolute Gasteiger partial charge is 0.335 e. The number of anilines is 2. The zero-order chi connectivity index (χ0) is 43.2. The van der Waals surface area contributed by atoms with E-state index < -0.39 is 78.9 Å². The van der Waals surface area contributed by atoms with Crippen LogP contribution in [0.2, 0.25) is 5.15 Å². The highest BCUT2D eigenvalue weighted by atomic mass is 35.5. The molecular formula is C39H31ClF4N8O8. The van der Waals surface area contributed by atoms with Crippen LogP contribution in [0, 0.1) is 23.3 Å². The van der Waals surface area contributed by atoms with Crippen molar-refractivity contribution in [3.63, 3.8) is 0 Å². The highest BCUT2D eigenvalue weighted by molar-refractivity contribution is 6.34. The number of fused-ring (bicyclic) bond motifs is 2. The summed E-state index contributed by atoms with van der Waals surface area (Å²) in [7, 11) is 0. The minimum absolute atomic E-state index is 0.0136. The first-order valence-electron chi connectivity index (χ1n) is 17.5. The Bertz CT molecular complexity index is 2860. The second kappa shape index (κ2) is 18.4. The van der Waals surface area contributed by atoms with Gasteiger partial charge in [-0.3, -0.25) is 18.7 Å². The van der Waals surface area contributed by atoms with Crippen molar-refractivity contribution in [2.75, 3.05) is 37.1 Å². The lowest BCUT2D eigenvalue weighted by Gasteiger charge is -2.17. The van der Waals surface area contributed by atoms with Crippen LogP contribution in [-0.2, 0) is 0 Å². The predicted molar refractivity (Wildman–Crippen MR) is 211 cm³/mol. The fourth-order valence-electron chi connectivity index (χ4n) is 5.80. The van der Waals surface area contributed by atoms with E-state index in [4.69, 9.17) is 21.8 Å². The number of rotatable bonds is 12. The largest absolute Gasteiger partial charge is 0.478 e. The van der Waals surface area contributed by atoms with Gasteiger partial charge in [-0.1, -0.05) is 23.7 Å². The molecule has 7 rings (SSSR count). The summed E-state index contributed by atoms with van der Waals surface area (Å²) in [6, 6.07) is 14.9. The Morgan fingerprint density at radius 1 is 0.633 bits per heavy atom. The van der Waals surface area contributed by atoms with Crippen molar-refractivity contribution >= 4 is 51.5 Å². The number of aliphatic hydroxyl groups is 4. The van der Waals surface area contributed by atoms with Gasteiger partial charge in [0, 0.05) is 35.2 Å². The number of aliphatic hydroxyl groups excluding tert-OH is 4. The van der Waals surface area contributed by atoms with Crippen LogP contribution in [-0.4, -0.2) is 99.1 Å². The Morgan fingerprint density at radius 2 is 1.12 bits per heavy atom. The van der Waals surface area contributed by atoms with Crippen LogP contribution in [0.4, 0.5) is 29.5 Å². The first-order valence-corrected chi connectivity index (χ1v) is 17.9. The monoisotopic (exact) mass is 850 g/mol. The molecule has 21 heteroatoms.